The molecule has 2 N–H and O–H groups in total. The van der Waals surface area contributed by atoms with Crippen LogP contribution in [-0.2, 0) is 4.79 Å². The van der Waals surface area contributed by atoms with Gasteiger partial charge in [-0.2, -0.15) is 0 Å². The molecule has 0 heterocycles. The summed E-state index contributed by atoms with van der Waals surface area (Å²) in [5.74, 6) is -0.332. The third kappa shape index (κ3) is 4.22. The maximum Gasteiger partial charge on any atom is 0.235 e. The van der Waals surface area contributed by atoms with E-state index in [1.54, 1.807) is 20.8 Å². The molecule has 1 atom stereocenters. The Morgan fingerprint density at radius 2 is 2.18 bits per heavy atom. The molecule has 0 rings (SSSR count). The summed E-state index contributed by atoms with van der Waals surface area (Å²) >= 11 is 5.25. The van der Waals surface area contributed by atoms with Crippen molar-refractivity contribution in [3.63, 3.8) is 0 Å². The van der Waals surface area contributed by atoms with Crippen LogP contribution in [0.5, 0.6) is 0 Å². The molecule has 11 heavy (non-hydrogen) atoms. The SMILES string of the molecule is CC(NC(=O)CCl)C(C)(C)O. The van der Waals surface area contributed by atoms with Crippen molar-refractivity contribution in [3.8, 4) is 0 Å². The third-order valence-electron chi connectivity index (χ3n) is 1.56. The Hall–Kier alpha value is -0.280. The highest BCUT2D eigenvalue weighted by molar-refractivity contribution is 6.27. The number of carbonyl (C=O) groups is 1. The zero-order valence-electron chi connectivity index (χ0n) is 7.02. The first-order valence-corrected chi connectivity index (χ1v) is 3.99. The molecule has 4 heteroatoms. The molecule has 0 aliphatic heterocycles. The van der Waals surface area contributed by atoms with Gasteiger partial charge in [0.2, 0.25) is 5.91 Å². The molecule has 0 saturated carbocycles. The minimum Gasteiger partial charge on any atom is -0.388 e. The van der Waals surface area contributed by atoms with Gasteiger partial charge < -0.3 is 10.4 Å². The molecule has 0 aliphatic rings. The van der Waals surface area contributed by atoms with Crippen LogP contribution in [0.2, 0.25) is 0 Å². The largest absolute Gasteiger partial charge is 0.388 e. The molecule has 0 fully saturated rings. The van der Waals surface area contributed by atoms with Crippen molar-refractivity contribution < 1.29 is 9.90 Å². The van der Waals surface area contributed by atoms with Crippen molar-refractivity contribution in [2.75, 3.05) is 5.88 Å². The summed E-state index contributed by atoms with van der Waals surface area (Å²) in [7, 11) is 0. The van der Waals surface area contributed by atoms with Crippen molar-refractivity contribution in [1.82, 2.24) is 5.32 Å². The number of hydrogen-bond donors (Lipinski definition) is 2. The van der Waals surface area contributed by atoms with Gasteiger partial charge in [-0.3, -0.25) is 4.79 Å². The van der Waals surface area contributed by atoms with E-state index in [1.165, 1.54) is 0 Å². The fraction of sp³-hybridized carbons (Fsp3) is 0.857. The minimum atomic E-state index is -0.901. The van der Waals surface area contributed by atoms with Crippen molar-refractivity contribution >= 4 is 17.5 Å². The first kappa shape index (κ1) is 10.7. The number of halogens is 1. The maximum atomic E-state index is 10.7. The zero-order valence-corrected chi connectivity index (χ0v) is 7.77. The molecule has 0 spiro atoms. The Morgan fingerprint density at radius 1 is 1.73 bits per heavy atom. The predicted octanol–water partition coefficient (Wildman–Crippen LogP) is 0.501. The molecule has 0 aromatic rings. The van der Waals surface area contributed by atoms with Crippen molar-refractivity contribution in [1.29, 1.82) is 0 Å². The molecule has 0 saturated heterocycles. The van der Waals surface area contributed by atoms with Gasteiger partial charge in [0, 0.05) is 0 Å². The number of nitrogens with one attached hydrogen (secondary N) is 1. The van der Waals surface area contributed by atoms with Gasteiger partial charge in [-0.1, -0.05) is 0 Å². The van der Waals surface area contributed by atoms with E-state index in [1.807, 2.05) is 0 Å². The highest BCUT2D eigenvalue weighted by Gasteiger charge is 2.23. The molecule has 0 aliphatic carbocycles. The number of alkyl halides is 1. The van der Waals surface area contributed by atoms with Crippen LogP contribution < -0.4 is 5.32 Å². The third-order valence-corrected chi connectivity index (χ3v) is 1.80. The number of hydrogen-bond acceptors (Lipinski definition) is 2. The summed E-state index contributed by atoms with van der Waals surface area (Å²) in [5.41, 5.74) is -0.901. The molecule has 1 unspecified atom stereocenters. The number of rotatable bonds is 3. The first-order valence-electron chi connectivity index (χ1n) is 3.45. The number of aliphatic hydroxyl groups is 1. The maximum absolute atomic E-state index is 10.7. The highest BCUT2D eigenvalue weighted by Crippen LogP contribution is 2.06. The molecule has 0 aromatic carbocycles. The lowest BCUT2D eigenvalue weighted by Gasteiger charge is -2.26. The smallest absolute Gasteiger partial charge is 0.235 e. The fourth-order valence-corrected chi connectivity index (χ4v) is 0.534. The normalized spacial score (nSPS) is 14.3. The monoisotopic (exact) mass is 179 g/mol. The Morgan fingerprint density at radius 3 is 2.45 bits per heavy atom. The van der Waals surface area contributed by atoms with Crippen molar-refractivity contribution in [2.24, 2.45) is 0 Å². The quantitative estimate of drug-likeness (QED) is 0.620. The van der Waals surface area contributed by atoms with E-state index in [-0.39, 0.29) is 17.8 Å². The molecule has 1 amide bonds. The molecule has 0 bridgehead atoms. The summed E-state index contributed by atoms with van der Waals surface area (Å²) in [6.45, 7) is 4.99. The second-order valence-corrected chi connectivity index (χ2v) is 3.34. The summed E-state index contributed by atoms with van der Waals surface area (Å²) in [6.07, 6.45) is 0. The summed E-state index contributed by atoms with van der Waals surface area (Å²) in [4.78, 5) is 10.7. The van der Waals surface area contributed by atoms with Crippen LogP contribution >= 0.6 is 11.6 Å². The van der Waals surface area contributed by atoms with Crippen LogP contribution in [0.25, 0.3) is 0 Å². The first-order chi connectivity index (χ1) is 4.88. The van der Waals surface area contributed by atoms with Crippen molar-refractivity contribution in [2.45, 2.75) is 32.4 Å². The average molecular weight is 180 g/mol. The molecular weight excluding hydrogens is 166 g/mol. The Kier molecular flexibility index (Phi) is 3.83. The Bertz CT molecular complexity index is 142. The Labute approximate surface area is 71.7 Å². The van der Waals surface area contributed by atoms with Crippen LogP contribution in [0.1, 0.15) is 20.8 Å². The van der Waals surface area contributed by atoms with Gasteiger partial charge in [0.15, 0.2) is 0 Å². The number of amides is 1. The van der Waals surface area contributed by atoms with Gasteiger partial charge in [0.05, 0.1) is 11.6 Å². The van der Waals surface area contributed by atoms with Crippen molar-refractivity contribution in [3.05, 3.63) is 0 Å². The van der Waals surface area contributed by atoms with E-state index >= 15 is 0 Å². The van der Waals surface area contributed by atoms with Gasteiger partial charge >= 0.3 is 0 Å². The average Bonchev–Trinajstić information content (AvgIpc) is 1.85. The van der Waals surface area contributed by atoms with Crippen LogP contribution in [0.3, 0.4) is 0 Å². The lowest BCUT2D eigenvalue weighted by Crippen LogP contribution is -2.47. The van der Waals surface area contributed by atoms with Crippen LogP contribution in [0.15, 0.2) is 0 Å². The number of carbonyl (C=O) groups excluding carboxylic acids is 1. The summed E-state index contributed by atoms with van der Waals surface area (Å²) < 4.78 is 0. The van der Waals surface area contributed by atoms with Gasteiger partial charge in [-0.25, -0.2) is 0 Å². The fourth-order valence-electron chi connectivity index (χ4n) is 0.457. The van der Waals surface area contributed by atoms with Crippen LogP contribution in [0.4, 0.5) is 0 Å². The van der Waals surface area contributed by atoms with Gasteiger partial charge in [0.25, 0.3) is 0 Å². The molecule has 3 nitrogen and oxygen atoms in total. The van der Waals surface area contributed by atoms with E-state index in [4.69, 9.17) is 11.6 Å². The van der Waals surface area contributed by atoms with E-state index in [2.05, 4.69) is 5.32 Å². The lowest BCUT2D eigenvalue weighted by molar-refractivity contribution is -0.121. The second kappa shape index (κ2) is 3.93. The van der Waals surface area contributed by atoms with E-state index in [0.29, 0.717) is 0 Å². The summed E-state index contributed by atoms with van der Waals surface area (Å²) in [5, 5.41) is 11.9. The van der Waals surface area contributed by atoms with E-state index < -0.39 is 5.60 Å². The minimum absolute atomic E-state index is 0.0690. The van der Waals surface area contributed by atoms with E-state index in [0.717, 1.165) is 0 Å². The van der Waals surface area contributed by atoms with Crippen LogP contribution in [-0.4, -0.2) is 28.5 Å². The molecule has 0 aromatic heterocycles. The van der Waals surface area contributed by atoms with Crippen LogP contribution in [0, 0.1) is 0 Å². The van der Waals surface area contributed by atoms with Gasteiger partial charge in [-0.05, 0) is 20.8 Å². The van der Waals surface area contributed by atoms with Gasteiger partial charge in [-0.15, -0.1) is 11.6 Å². The standard InChI is InChI=1S/C7H14ClNO2/c1-5(7(2,3)11)9-6(10)4-8/h5,11H,4H2,1-3H3,(H,9,10). The molecule has 66 valence electrons. The zero-order chi connectivity index (χ0) is 9.07. The second-order valence-electron chi connectivity index (χ2n) is 3.08. The lowest BCUT2D eigenvalue weighted by atomic mass is 10.0. The molecular formula is C7H14ClNO2. The van der Waals surface area contributed by atoms with Gasteiger partial charge in [0.1, 0.15) is 5.88 Å². The van der Waals surface area contributed by atoms with E-state index in [9.17, 15) is 9.90 Å². The Balaban J connectivity index is 3.87. The predicted molar refractivity (Wildman–Crippen MR) is 44.6 cm³/mol. The topological polar surface area (TPSA) is 49.3 Å². The highest BCUT2D eigenvalue weighted by atomic mass is 35.5. The summed E-state index contributed by atoms with van der Waals surface area (Å²) in [6, 6.07) is -0.284. The molecule has 0 radical (unpaired) electrons.